The molecule has 0 spiro atoms. The van der Waals surface area contributed by atoms with Crippen molar-refractivity contribution in [2.45, 2.75) is 33.4 Å². The lowest BCUT2D eigenvalue weighted by Crippen LogP contribution is -2.54. The molecular weight excluding hydrogens is 437 g/mol. The molecule has 3 N–H and O–H groups in total. The van der Waals surface area contributed by atoms with Crippen molar-refractivity contribution in [1.82, 2.24) is 20.4 Å². The van der Waals surface area contributed by atoms with Crippen molar-refractivity contribution in [2.75, 3.05) is 13.2 Å². The number of carbonyl (C=O) groups excluding carboxylic acids is 2. The number of benzene rings is 2. The molecule has 2 aromatic carbocycles. The maximum atomic E-state index is 14.7. The molecule has 3 aromatic rings. The fourth-order valence-corrected chi connectivity index (χ4v) is 3.41. The smallest absolute Gasteiger partial charge is 0.273 e. The minimum absolute atomic E-state index is 0.0149. The molecule has 0 radical (unpaired) electrons. The van der Waals surface area contributed by atoms with E-state index in [0.717, 1.165) is 10.7 Å². The Bertz CT molecular complexity index is 1170. The highest BCUT2D eigenvalue weighted by molar-refractivity contribution is 6.06. The Hall–Kier alpha value is -3.40. The monoisotopic (exact) mass is 462 g/mol. The van der Waals surface area contributed by atoms with Gasteiger partial charge >= 0.3 is 0 Å². The van der Waals surface area contributed by atoms with Gasteiger partial charge in [0.1, 0.15) is 17.4 Å². The Morgan fingerprint density at radius 2 is 1.76 bits per heavy atom. The van der Waals surface area contributed by atoms with Gasteiger partial charge in [-0.15, -0.1) is 0 Å². The largest absolute Gasteiger partial charge is 0.395 e. The fourth-order valence-electron chi connectivity index (χ4n) is 3.41. The molecule has 0 saturated carbocycles. The predicted octanol–water partition coefficient (Wildman–Crippen LogP) is 2.75. The first-order valence-corrected chi connectivity index (χ1v) is 10.3. The lowest BCUT2D eigenvalue weighted by Gasteiger charge is -2.30. The van der Waals surface area contributed by atoms with Gasteiger partial charge in [0, 0.05) is 11.9 Å². The number of nitrogens with one attached hydrogen (secondary N) is 2. The van der Waals surface area contributed by atoms with E-state index in [1.165, 1.54) is 30.3 Å². The van der Waals surface area contributed by atoms with Gasteiger partial charge in [-0.2, -0.15) is 5.10 Å². The highest BCUT2D eigenvalue weighted by Gasteiger charge is 2.34. The SMILES string of the molecule is CC(C)(C)[C@H](NC(=O)c1nn(Cc2ccc(F)cc2)c2c(F)c(F)ccc12)C(=O)NCCO. The van der Waals surface area contributed by atoms with E-state index in [1.54, 1.807) is 20.8 Å². The number of carbonyl (C=O) groups is 2. The second-order valence-electron chi connectivity index (χ2n) is 8.68. The van der Waals surface area contributed by atoms with Gasteiger partial charge in [0.15, 0.2) is 17.3 Å². The van der Waals surface area contributed by atoms with Crippen molar-refractivity contribution < 1.29 is 27.9 Å². The fraction of sp³-hybridized carbons (Fsp3) is 0.348. The summed E-state index contributed by atoms with van der Waals surface area (Å²) in [6.45, 7) is 4.95. The summed E-state index contributed by atoms with van der Waals surface area (Å²) in [4.78, 5) is 25.7. The summed E-state index contributed by atoms with van der Waals surface area (Å²) in [5.74, 6) is -3.98. The van der Waals surface area contributed by atoms with Crippen molar-refractivity contribution in [3.8, 4) is 0 Å². The second kappa shape index (κ2) is 9.62. The summed E-state index contributed by atoms with van der Waals surface area (Å²) >= 11 is 0. The maximum Gasteiger partial charge on any atom is 0.273 e. The van der Waals surface area contributed by atoms with Crippen LogP contribution in [-0.4, -0.2) is 45.9 Å². The number of fused-ring (bicyclic) bond motifs is 1. The normalized spacial score (nSPS) is 12.6. The van der Waals surface area contributed by atoms with Crippen LogP contribution in [0.2, 0.25) is 0 Å². The van der Waals surface area contributed by atoms with Crippen molar-refractivity contribution >= 4 is 22.7 Å². The van der Waals surface area contributed by atoms with Crippen LogP contribution in [0.1, 0.15) is 36.8 Å². The molecule has 2 amide bonds. The zero-order valence-corrected chi connectivity index (χ0v) is 18.5. The molecule has 1 heterocycles. The minimum atomic E-state index is -1.17. The number of halogens is 3. The second-order valence-corrected chi connectivity index (χ2v) is 8.68. The van der Waals surface area contributed by atoms with Crippen LogP contribution in [0.4, 0.5) is 13.2 Å². The molecule has 33 heavy (non-hydrogen) atoms. The van der Waals surface area contributed by atoms with E-state index < -0.39 is 40.7 Å². The number of aliphatic hydroxyl groups is 1. The molecule has 0 aliphatic carbocycles. The topological polar surface area (TPSA) is 96.2 Å². The van der Waals surface area contributed by atoms with Gasteiger partial charge in [0.05, 0.1) is 13.2 Å². The molecule has 0 aliphatic heterocycles. The van der Waals surface area contributed by atoms with Crippen molar-refractivity contribution in [1.29, 1.82) is 0 Å². The van der Waals surface area contributed by atoms with Gasteiger partial charge in [0.2, 0.25) is 5.91 Å². The van der Waals surface area contributed by atoms with Crippen LogP contribution in [-0.2, 0) is 11.3 Å². The first-order chi connectivity index (χ1) is 15.5. The van der Waals surface area contributed by atoms with Gasteiger partial charge in [-0.1, -0.05) is 32.9 Å². The number of amides is 2. The van der Waals surface area contributed by atoms with Gasteiger partial charge in [-0.25, -0.2) is 13.2 Å². The van der Waals surface area contributed by atoms with Crippen LogP contribution >= 0.6 is 0 Å². The molecule has 0 saturated heterocycles. The average molecular weight is 462 g/mol. The van der Waals surface area contributed by atoms with Crippen molar-refractivity contribution in [3.05, 3.63) is 65.1 Å². The van der Waals surface area contributed by atoms with Gasteiger partial charge in [-0.3, -0.25) is 14.3 Å². The molecular formula is C23H25F3N4O3. The van der Waals surface area contributed by atoms with Gasteiger partial charge in [0.25, 0.3) is 5.91 Å². The first-order valence-electron chi connectivity index (χ1n) is 10.3. The Kier molecular flexibility index (Phi) is 7.06. The van der Waals surface area contributed by atoms with Crippen LogP contribution in [0.3, 0.4) is 0 Å². The first kappa shape index (κ1) is 24.2. The lowest BCUT2D eigenvalue weighted by molar-refractivity contribution is -0.125. The van der Waals surface area contributed by atoms with E-state index in [4.69, 9.17) is 5.11 Å². The van der Waals surface area contributed by atoms with E-state index in [-0.39, 0.29) is 36.3 Å². The van der Waals surface area contributed by atoms with E-state index in [0.29, 0.717) is 5.56 Å². The van der Waals surface area contributed by atoms with Crippen LogP contribution in [0.15, 0.2) is 36.4 Å². The predicted molar refractivity (Wildman–Crippen MR) is 116 cm³/mol. The summed E-state index contributed by atoms with van der Waals surface area (Å²) in [5, 5.41) is 18.4. The minimum Gasteiger partial charge on any atom is -0.395 e. The van der Waals surface area contributed by atoms with Crippen molar-refractivity contribution in [2.24, 2.45) is 5.41 Å². The molecule has 7 nitrogen and oxygen atoms in total. The zero-order chi connectivity index (χ0) is 24.3. The molecule has 1 atom stereocenters. The standard InChI is InChI=1S/C23H25F3N4O3/c1-23(2,3)20(22(33)27-10-11-31)28-21(32)18-15-8-9-16(25)17(26)19(15)30(29-18)12-13-4-6-14(24)7-5-13/h4-9,20,31H,10-12H2,1-3H3,(H,27,33)(H,28,32)/t20-/m1/s1. The third-order valence-corrected chi connectivity index (χ3v) is 5.08. The van der Waals surface area contributed by atoms with Crippen LogP contribution in [0.25, 0.3) is 10.9 Å². The number of nitrogens with zero attached hydrogens (tertiary/aromatic N) is 2. The lowest BCUT2D eigenvalue weighted by atomic mass is 9.86. The molecule has 0 aliphatic rings. The van der Waals surface area contributed by atoms with Crippen molar-refractivity contribution in [3.63, 3.8) is 0 Å². The van der Waals surface area contributed by atoms with Gasteiger partial charge < -0.3 is 15.7 Å². The molecule has 3 rings (SSSR count). The number of rotatable bonds is 7. The Morgan fingerprint density at radius 3 is 2.36 bits per heavy atom. The van der Waals surface area contributed by atoms with Gasteiger partial charge in [-0.05, 0) is 35.2 Å². The van der Waals surface area contributed by atoms with E-state index in [1.807, 2.05) is 0 Å². The Balaban J connectivity index is 2.01. The van der Waals surface area contributed by atoms with Crippen LogP contribution in [0.5, 0.6) is 0 Å². The Labute approximate surface area is 188 Å². The third-order valence-electron chi connectivity index (χ3n) is 5.08. The number of aliphatic hydroxyl groups excluding tert-OH is 1. The highest BCUT2D eigenvalue weighted by Crippen LogP contribution is 2.26. The summed E-state index contributed by atoms with van der Waals surface area (Å²) in [6, 6.07) is 6.55. The van der Waals surface area contributed by atoms with E-state index in [9.17, 15) is 22.8 Å². The maximum absolute atomic E-state index is 14.7. The highest BCUT2D eigenvalue weighted by atomic mass is 19.2. The molecule has 10 heteroatoms. The number of hydrogen-bond donors (Lipinski definition) is 3. The van der Waals surface area contributed by atoms with E-state index >= 15 is 0 Å². The Morgan fingerprint density at radius 1 is 1.09 bits per heavy atom. The number of aromatic nitrogens is 2. The summed E-state index contributed by atoms with van der Waals surface area (Å²) < 4.78 is 43.1. The summed E-state index contributed by atoms with van der Waals surface area (Å²) in [6.07, 6.45) is 0. The third kappa shape index (κ3) is 5.33. The number of hydrogen-bond acceptors (Lipinski definition) is 4. The quantitative estimate of drug-likeness (QED) is 0.503. The molecule has 0 unspecified atom stereocenters. The molecule has 1 aromatic heterocycles. The molecule has 0 bridgehead atoms. The van der Waals surface area contributed by atoms with Crippen LogP contribution in [0, 0.1) is 22.9 Å². The molecule has 176 valence electrons. The van der Waals surface area contributed by atoms with Crippen LogP contribution < -0.4 is 10.6 Å². The summed E-state index contributed by atoms with van der Waals surface area (Å²) in [5.41, 5.74) is -0.539. The van der Waals surface area contributed by atoms with E-state index in [2.05, 4.69) is 15.7 Å². The molecule has 0 fully saturated rings. The zero-order valence-electron chi connectivity index (χ0n) is 18.5. The summed E-state index contributed by atoms with van der Waals surface area (Å²) in [7, 11) is 0. The average Bonchev–Trinajstić information content (AvgIpc) is 3.12.